The Hall–Kier alpha value is -0.490. The fourth-order valence-corrected chi connectivity index (χ4v) is 1.31. The number of rotatable bonds is 1. The number of aliphatic hydroxyl groups excluding tert-OH is 2. The van der Waals surface area contributed by atoms with Gasteiger partial charge in [-0.3, -0.25) is 4.79 Å². The van der Waals surface area contributed by atoms with E-state index in [1.54, 1.807) is 6.92 Å². The van der Waals surface area contributed by atoms with Gasteiger partial charge in [0.15, 0.2) is 0 Å². The first-order valence-electron chi connectivity index (χ1n) is 4.06. The van der Waals surface area contributed by atoms with Gasteiger partial charge < -0.3 is 19.7 Å². The predicted octanol–water partition coefficient (Wildman–Crippen LogP) is -0.941. The van der Waals surface area contributed by atoms with Gasteiger partial charge in [-0.2, -0.15) is 0 Å². The molecule has 0 aromatic carbocycles. The molecular weight excluding hydrogens is 176 g/mol. The monoisotopic (exact) mass is 190 g/mol. The minimum atomic E-state index is -1.45. The van der Waals surface area contributed by atoms with Crippen LogP contribution in [0.25, 0.3) is 0 Å². The highest BCUT2D eigenvalue weighted by molar-refractivity contribution is 5.90. The lowest BCUT2D eigenvalue weighted by Gasteiger charge is -2.39. The fourth-order valence-electron chi connectivity index (χ4n) is 1.31. The highest BCUT2D eigenvalue weighted by Gasteiger charge is 2.49. The van der Waals surface area contributed by atoms with Gasteiger partial charge in [-0.05, 0) is 13.8 Å². The van der Waals surface area contributed by atoms with E-state index in [0.717, 1.165) is 0 Å². The number of hydrogen-bond acceptors (Lipinski definition) is 5. The van der Waals surface area contributed by atoms with Crippen LogP contribution < -0.4 is 0 Å². The lowest BCUT2D eigenvalue weighted by Crippen LogP contribution is -2.60. The van der Waals surface area contributed by atoms with Crippen molar-refractivity contribution in [1.29, 1.82) is 0 Å². The van der Waals surface area contributed by atoms with Crippen LogP contribution in [-0.4, -0.2) is 47.2 Å². The Morgan fingerprint density at radius 2 is 2.08 bits per heavy atom. The molecular formula is C8H14O5. The number of ketones is 1. The third-order valence-electron chi connectivity index (χ3n) is 2.32. The van der Waals surface area contributed by atoms with Crippen LogP contribution in [0.5, 0.6) is 0 Å². The Kier molecular flexibility index (Phi) is 2.72. The smallest absolute Gasteiger partial charge is 0.228 e. The lowest BCUT2D eigenvalue weighted by atomic mass is 9.96. The minimum Gasteiger partial charge on any atom is -0.387 e. The number of carbonyl (C=O) groups excluding carboxylic acids is 1. The van der Waals surface area contributed by atoms with E-state index in [-0.39, 0.29) is 0 Å². The van der Waals surface area contributed by atoms with Gasteiger partial charge in [-0.1, -0.05) is 0 Å². The van der Waals surface area contributed by atoms with E-state index in [1.807, 2.05) is 0 Å². The van der Waals surface area contributed by atoms with Crippen molar-refractivity contribution in [2.24, 2.45) is 0 Å². The van der Waals surface area contributed by atoms with Gasteiger partial charge in [-0.15, -0.1) is 0 Å². The summed E-state index contributed by atoms with van der Waals surface area (Å²) in [6, 6.07) is 0. The molecule has 13 heavy (non-hydrogen) atoms. The zero-order chi connectivity index (χ0) is 10.2. The number of hydrogen-bond donors (Lipinski definition) is 2. The average molecular weight is 190 g/mol. The number of carbonyl (C=O) groups is 1. The second-order valence-corrected chi connectivity index (χ2v) is 3.27. The van der Waals surface area contributed by atoms with Crippen LogP contribution in [-0.2, 0) is 14.3 Å². The topological polar surface area (TPSA) is 76.0 Å². The molecule has 0 spiro atoms. The zero-order valence-electron chi connectivity index (χ0n) is 7.85. The second-order valence-electron chi connectivity index (χ2n) is 3.27. The maximum Gasteiger partial charge on any atom is 0.228 e. The summed E-state index contributed by atoms with van der Waals surface area (Å²) >= 11 is 0. The quantitative estimate of drug-likeness (QED) is 0.558. The molecule has 5 heteroatoms. The van der Waals surface area contributed by atoms with Crippen LogP contribution in [0.3, 0.4) is 0 Å². The first-order valence-corrected chi connectivity index (χ1v) is 4.06. The van der Waals surface area contributed by atoms with E-state index in [9.17, 15) is 15.0 Å². The molecule has 1 aliphatic rings. The van der Waals surface area contributed by atoms with Gasteiger partial charge in [0.1, 0.15) is 12.2 Å². The first kappa shape index (κ1) is 10.6. The Balaban J connectivity index is 2.88. The Morgan fingerprint density at radius 1 is 1.54 bits per heavy atom. The molecule has 0 bridgehead atoms. The molecule has 1 saturated heterocycles. The molecule has 0 amide bonds. The third-order valence-corrected chi connectivity index (χ3v) is 2.32. The van der Waals surface area contributed by atoms with E-state index in [0.29, 0.717) is 0 Å². The molecule has 1 fully saturated rings. The van der Waals surface area contributed by atoms with Gasteiger partial charge in [0, 0.05) is 7.11 Å². The highest BCUT2D eigenvalue weighted by Crippen LogP contribution is 2.26. The zero-order valence-corrected chi connectivity index (χ0v) is 7.85. The number of aliphatic hydroxyl groups is 2. The van der Waals surface area contributed by atoms with E-state index in [4.69, 9.17) is 9.47 Å². The number of ether oxygens (including phenoxy) is 2. The molecule has 0 radical (unpaired) electrons. The average Bonchev–Trinajstić information content (AvgIpc) is 2.12. The first-order chi connectivity index (χ1) is 5.92. The maximum absolute atomic E-state index is 11.4. The van der Waals surface area contributed by atoms with Gasteiger partial charge in [0.2, 0.25) is 11.6 Å². The molecule has 1 rings (SSSR count). The Bertz CT molecular complexity index is 217. The summed E-state index contributed by atoms with van der Waals surface area (Å²) in [6.45, 7) is 2.98. The molecule has 2 unspecified atom stereocenters. The van der Waals surface area contributed by atoms with Gasteiger partial charge in [0.25, 0.3) is 0 Å². The summed E-state index contributed by atoms with van der Waals surface area (Å²) in [4.78, 5) is 11.4. The second kappa shape index (κ2) is 3.34. The highest BCUT2D eigenvalue weighted by atomic mass is 16.7. The molecule has 1 aliphatic heterocycles. The minimum absolute atomic E-state index is 0.627. The summed E-state index contributed by atoms with van der Waals surface area (Å²) in [5.41, 5.74) is 0. The van der Waals surface area contributed by atoms with Crippen LogP contribution >= 0.6 is 0 Å². The lowest BCUT2D eigenvalue weighted by molar-refractivity contribution is -0.269. The summed E-state index contributed by atoms with van der Waals surface area (Å²) < 4.78 is 9.97. The summed E-state index contributed by atoms with van der Waals surface area (Å²) in [5.74, 6) is -2.10. The normalized spacial score (nSPS) is 46.5. The molecule has 4 atom stereocenters. The summed E-state index contributed by atoms with van der Waals surface area (Å²) in [6.07, 6.45) is -3.25. The predicted molar refractivity (Wildman–Crippen MR) is 43.0 cm³/mol. The Labute approximate surface area is 76.3 Å². The van der Waals surface area contributed by atoms with Crippen LogP contribution in [0.15, 0.2) is 0 Å². The van der Waals surface area contributed by atoms with Crippen molar-refractivity contribution in [2.45, 2.75) is 37.9 Å². The molecule has 0 aliphatic carbocycles. The largest absolute Gasteiger partial charge is 0.387 e. The van der Waals surface area contributed by atoms with Crippen molar-refractivity contribution in [1.82, 2.24) is 0 Å². The van der Waals surface area contributed by atoms with Crippen LogP contribution in [0, 0.1) is 0 Å². The van der Waals surface area contributed by atoms with E-state index < -0.39 is 29.9 Å². The molecule has 2 N–H and O–H groups in total. The van der Waals surface area contributed by atoms with E-state index >= 15 is 0 Å². The SMILES string of the molecule is CO[C@@]1(C)OC(C)[C@@H](O)C(O)C1=O. The maximum atomic E-state index is 11.4. The number of Topliss-reactive ketones (excluding diaryl/α,β-unsaturated/α-hetero) is 1. The van der Waals surface area contributed by atoms with Gasteiger partial charge in [-0.25, -0.2) is 0 Å². The van der Waals surface area contributed by atoms with Crippen molar-refractivity contribution in [3.8, 4) is 0 Å². The van der Waals surface area contributed by atoms with Crippen molar-refractivity contribution in [2.75, 3.05) is 7.11 Å². The number of methoxy groups -OCH3 is 1. The van der Waals surface area contributed by atoms with E-state index in [1.165, 1.54) is 14.0 Å². The molecule has 0 aromatic heterocycles. The van der Waals surface area contributed by atoms with Crippen molar-refractivity contribution in [3.05, 3.63) is 0 Å². The van der Waals surface area contributed by atoms with Crippen LogP contribution in [0.4, 0.5) is 0 Å². The molecule has 5 nitrogen and oxygen atoms in total. The fraction of sp³-hybridized carbons (Fsp3) is 0.875. The molecule has 0 saturated carbocycles. The molecule has 1 heterocycles. The standard InChI is InChI=1S/C8H14O5/c1-4-5(9)6(10)7(11)8(2,12-3)13-4/h4-6,9-10H,1-3H3/t4?,5-,6?,8+/m1/s1. The van der Waals surface area contributed by atoms with Crippen LogP contribution in [0.2, 0.25) is 0 Å². The van der Waals surface area contributed by atoms with Gasteiger partial charge in [0.05, 0.1) is 6.10 Å². The van der Waals surface area contributed by atoms with Gasteiger partial charge >= 0.3 is 0 Å². The van der Waals surface area contributed by atoms with Crippen molar-refractivity contribution in [3.63, 3.8) is 0 Å². The summed E-state index contributed by atoms with van der Waals surface area (Å²) in [5, 5.41) is 18.6. The summed E-state index contributed by atoms with van der Waals surface area (Å²) in [7, 11) is 1.31. The van der Waals surface area contributed by atoms with Crippen molar-refractivity contribution >= 4 is 5.78 Å². The molecule has 0 aromatic rings. The Morgan fingerprint density at radius 3 is 2.54 bits per heavy atom. The van der Waals surface area contributed by atoms with Crippen LogP contribution in [0.1, 0.15) is 13.8 Å². The molecule has 76 valence electrons. The van der Waals surface area contributed by atoms with Crippen molar-refractivity contribution < 1.29 is 24.5 Å². The third kappa shape index (κ3) is 1.60. The van der Waals surface area contributed by atoms with E-state index in [2.05, 4.69) is 0 Å².